The van der Waals surface area contributed by atoms with Crippen LogP contribution in [0.2, 0.25) is 0 Å². The average Bonchev–Trinajstić information content (AvgIpc) is 3.00. The summed E-state index contributed by atoms with van der Waals surface area (Å²) in [6.07, 6.45) is -10.1. The number of aliphatic hydroxyl groups excluding tert-OH is 5. The Balaban J connectivity index is 1.34. The predicted octanol–water partition coefficient (Wildman–Crippen LogP) is -0.135. The van der Waals surface area contributed by atoms with Crippen LogP contribution in [0.3, 0.4) is 0 Å². The van der Waals surface area contributed by atoms with Crippen LogP contribution in [0.25, 0.3) is 12.2 Å². The van der Waals surface area contributed by atoms with Crippen LogP contribution in [0.4, 0.5) is 0 Å². The minimum Gasteiger partial charge on any atom is -0.508 e. The molecule has 0 unspecified atom stereocenters. The Labute approximate surface area is 246 Å². The Bertz CT molecular complexity index is 1260. The van der Waals surface area contributed by atoms with E-state index in [9.17, 15) is 40.2 Å². The maximum Gasteiger partial charge on any atom is 0.333 e. The van der Waals surface area contributed by atoms with Crippen molar-refractivity contribution in [2.24, 2.45) is 0 Å². The first-order chi connectivity index (χ1) is 20.5. The summed E-state index contributed by atoms with van der Waals surface area (Å²) in [5.41, 5.74) is 1.31. The molecule has 6 N–H and O–H groups in total. The Morgan fingerprint density at radius 3 is 1.98 bits per heavy atom. The zero-order chi connectivity index (χ0) is 31.1. The van der Waals surface area contributed by atoms with Gasteiger partial charge in [-0.1, -0.05) is 42.5 Å². The number of carbonyl (C=O) groups is 2. The highest BCUT2D eigenvalue weighted by atomic mass is 16.7. The van der Waals surface area contributed by atoms with Crippen molar-refractivity contribution in [3.8, 4) is 5.75 Å². The van der Waals surface area contributed by atoms with Gasteiger partial charge < -0.3 is 54.3 Å². The monoisotopic (exact) mass is 602 g/mol. The lowest BCUT2D eigenvalue weighted by molar-refractivity contribution is -0.323. The molecule has 4 rings (SSSR count). The van der Waals surface area contributed by atoms with Crippen LogP contribution in [0, 0.1) is 0 Å². The molecule has 2 aliphatic rings. The molecule has 13 heteroatoms. The predicted molar refractivity (Wildman–Crippen MR) is 148 cm³/mol. The van der Waals surface area contributed by atoms with E-state index < -0.39 is 80.0 Å². The Morgan fingerprint density at radius 2 is 1.33 bits per heavy atom. The second-order valence-corrected chi connectivity index (χ2v) is 10.0. The lowest BCUT2D eigenvalue weighted by atomic mass is 9.98. The molecule has 0 spiro atoms. The fourth-order valence-electron chi connectivity index (χ4n) is 4.42. The molecule has 0 bridgehead atoms. The van der Waals surface area contributed by atoms with Gasteiger partial charge in [0, 0.05) is 12.2 Å². The second-order valence-electron chi connectivity index (χ2n) is 10.0. The number of phenols is 1. The molecule has 0 aliphatic carbocycles. The average molecular weight is 603 g/mol. The largest absolute Gasteiger partial charge is 0.508 e. The molecule has 2 aliphatic heterocycles. The molecule has 0 saturated carbocycles. The Morgan fingerprint density at radius 1 is 0.721 bits per heavy atom. The highest BCUT2D eigenvalue weighted by Crippen LogP contribution is 2.27. The van der Waals surface area contributed by atoms with Gasteiger partial charge in [0.2, 0.25) is 6.29 Å². The third-order valence-corrected chi connectivity index (χ3v) is 6.88. The summed E-state index contributed by atoms with van der Waals surface area (Å²) in [4.78, 5) is 24.7. The number of hydrogen-bond donors (Lipinski definition) is 6. The number of aromatic hydroxyl groups is 1. The Hall–Kier alpha value is -3.66. The summed E-state index contributed by atoms with van der Waals surface area (Å²) >= 11 is 0. The van der Waals surface area contributed by atoms with Crippen LogP contribution in [0.1, 0.15) is 18.1 Å². The summed E-state index contributed by atoms with van der Waals surface area (Å²) < 4.78 is 27.0. The lowest BCUT2D eigenvalue weighted by Gasteiger charge is -2.42. The van der Waals surface area contributed by atoms with E-state index in [1.54, 1.807) is 36.4 Å². The van der Waals surface area contributed by atoms with Gasteiger partial charge in [-0.05, 0) is 42.3 Å². The molecule has 0 radical (unpaired) electrons. The quantitative estimate of drug-likeness (QED) is 0.164. The highest BCUT2D eigenvalue weighted by Gasteiger charge is 2.48. The van der Waals surface area contributed by atoms with Crippen LogP contribution >= 0.6 is 0 Å². The van der Waals surface area contributed by atoms with E-state index in [-0.39, 0.29) is 5.75 Å². The molecule has 0 amide bonds. The van der Waals surface area contributed by atoms with Gasteiger partial charge in [-0.15, -0.1) is 0 Å². The molecule has 2 saturated heterocycles. The number of aliphatic hydroxyl groups is 5. The van der Waals surface area contributed by atoms with E-state index in [1.807, 2.05) is 6.07 Å². The first-order valence-electron chi connectivity index (χ1n) is 13.5. The van der Waals surface area contributed by atoms with Crippen LogP contribution in [0.15, 0.2) is 66.7 Å². The normalized spacial score (nSPS) is 33.0. The van der Waals surface area contributed by atoms with E-state index >= 15 is 0 Å². The van der Waals surface area contributed by atoms with Gasteiger partial charge >= 0.3 is 11.9 Å². The number of phenolic OH excluding ortho intramolecular Hbond substituents is 1. The van der Waals surface area contributed by atoms with Gasteiger partial charge in [0.25, 0.3) is 0 Å². The molecule has 0 aromatic heterocycles. The summed E-state index contributed by atoms with van der Waals surface area (Å²) in [5.74, 6) is -1.70. The van der Waals surface area contributed by atoms with Crippen molar-refractivity contribution in [1.82, 2.24) is 0 Å². The van der Waals surface area contributed by atoms with Crippen molar-refractivity contribution in [3.63, 3.8) is 0 Å². The van der Waals surface area contributed by atoms with Crippen molar-refractivity contribution in [2.45, 2.75) is 68.3 Å². The smallest absolute Gasteiger partial charge is 0.333 e. The zero-order valence-electron chi connectivity index (χ0n) is 23.0. The fraction of sp³-hybridized carbons (Fsp3) is 0.400. The molecular weight excluding hydrogens is 568 g/mol. The summed E-state index contributed by atoms with van der Waals surface area (Å²) in [6, 6.07) is 14.9. The fourth-order valence-corrected chi connectivity index (χ4v) is 4.42. The van der Waals surface area contributed by atoms with Crippen molar-refractivity contribution in [1.29, 1.82) is 0 Å². The number of carbonyl (C=O) groups excluding carboxylic acids is 2. The first-order valence-corrected chi connectivity index (χ1v) is 13.5. The van der Waals surface area contributed by atoms with Crippen LogP contribution < -0.4 is 0 Å². The molecule has 2 heterocycles. The third kappa shape index (κ3) is 8.46. The van der Waals surface area contributed by atoms with Crippen LogP contribution in [-0.2, 0) is 33.3 Å². The van der Waals surface area contributed by atoms with Gasteiger partial charge in [-0.2, -0.15) is 0 Å². The molecule has 232 valence electrons. The lowest BCUT2D eigenvalue weighted by Crippen LogP contribution is -2.61. The first kappa shape index (κ1) is 32.3. The number of esters is 2. The van der Waals surface area contributed by atoms with Gasteiger partial charge in [0.05, 0.1) is 12.7 Å². The van der Waals surface area contributed by atoms with Crippen molar-refractivity contribution in [2.75, 3.05) is 6.61 Å². The van der Waals surface area contributed by atoms with E-state index in [2.05, 4.69) is 0 Å². The molecular formula is C30H34O13. The van der Waals surface area contributed by atoms with Crippen molar-refractivity contribution in [3.05, 3.63) is 77.9 Å². The molecule has 13 nitrogen and oxygen atoms in total. The van der Waals surface area contributed by atoms with Crippen molar-refractivity contribution < 1.29 is 63.9 Å². The van der Waals surface area contributed by atoms with E-state index in [0.717, 1.165) is 12.2 Å². The molecule has 2 aromatic carbocycles. The third-order valence-electron chi connectivity index (χ3n) is 6.88. The number of ether oxygens (including phenoxy) is 5. The summed E-state index contributed by atoms with van der Waals surface area (Å²) in [7, 11) is 0. The van der Waals surface area contributed by atoms with Gasteiger partial charge in [0.15, 0.2) is 12.4 Å². The van der Waals surface area contributed by atoms with Gasteiger partial charge in [-0.3, -0.25) is 0 Å². The number of rotatable bonds is 9. The Kier molecular flexibility index (Phi) is 11.0. The highest BCUT2D eigenvalue weighted by molar-refractivity contribution is 5.87. The molecule has 43 heavy (non-hydrogen) atoms. The van der Waals surface area contributed by atoms with E-state index in [1.165, 1.54) is 31.2 Å². The number of benzene rings is 2. The molecule has 2 fully saturated rings. The minimum absolute atomic E-state index is 0.0533. The van der Waals surface area contributed by atoms with Gasteiger partial charge in [0.1, 0.15) is 42.4 Å². The van der Waals surface area contributed by atoms with E-state index in [0.29, 0.717) is 11.1 Å². The van der Waals surface area contributed by atoms with Crippen LogP contribution in [-0.4, -0.2) is 111 Å². The number of hydrogen-bond acceptors (Lipinski definition) is 13. The van der Waals surface area contributed by atoms with E-state index in [4.69, 9.17) is 23.7 Å². The maximum atomic E-state index is 12.4. The SMILES string of the molecule is C[C@@H]1O[C@@H](OC[C@H]2O[C@@H](OC(=O)/C=C/c3ccccc3)[C@H](O)[C@@H](O)[C@@H]2O)[C@H](O)[C@H](OC(=O)/C=C/c2ccc(O)cc2)[C@H]1O. The summed E-state index contributed by atoms with van der Waals surface area (Å²) in [6.45, 7) is 0.940. The molecule has 10 atom stereocenters. The van der Waals surface area contributed by atoms with Crippen LogP contribution in [0.5, 0.6) is 5.75 Å². The topological polar surface area (TPSA) is 202 Å². The maximum absolute atomic E-state index is 12.4. The van der Waals surface area contributed by atoms with Gasteiger partial charge in [-0.25, -0.2) is 9.59 Å². The second kappa shape index (κ2) is 14.7. The standard InChI is InChI=1S/C30H34O13/c1-16-23(34)28(42-21(32)13-10-18-7-11-19(31)12-8-18)27(38)29(40-16)39-15-20-24(35)25(36)26(37)30(41-20)43-22(33)14-9-17-5-3-2-4-6-17/h2-14,16,20,23-31,34-38H,15H2,1H3/b13-10+,14-9+/t16-,20+,23-,24+,25-,26+,27+,28+,29+,30-/m0/s1. The summed E-state index contributed by atoms with van der Waals surface area (Å²) in [5, 5.41) is 61.7. The minimum atomic E-state index is -1.77. The van der Waals surface area contributed by atoms with Crippen molar-refractivity contribution >= 4 is 24.1 Å². The molecule has 2 aromatic rings. The zero-order valence-corrected chi connectivity index (χ0v) is 23.0.